The van der Waals surface area contributed by atoms with Crippen LogP contribution in [0.2, 0.25) is 0 Å². The smallest absolute Gasteiger partial charge is 0.0478 e. The molecule has 0 bridgehead atoms. The first-order chi connectivity index (χ1) is 7.31. The fourth-order valence-corrected chi connectivity index (χ4v) is 1.37. The highest BCUT2D eigenvalue weighted by Gasteiger charge is 1.97. The number of rotatable bonds is 11. The van der Waals surface area contributed by atoms with Gasteiger partial charge in [0, 0.05) is 32.8 Å². The second-order valence-electron chi connectivity index (χ2n) is 4.02. The monoisotopic (exact) mass is 216 g/mol. The van der Waals surface area contributed by atoms with Crippen molar-refractivity contribution < 1.29 is 4.74 Å². The van der Waals surface area contributed by atoms with E-state index in [4.69, 9.17) is 4.74 Å². The Morgan fingerprint density at radius 1 is 1.00 bits per heavy atom. The summed E-state index contributed by atoms with van der Waals surface area (Å²) in [5.41, 5.74) is 0. The summed E-state index contributed by atoms with van der Waals surface area (Å²) >= 11 is 0. The molecule has 0 aromatic heterocycles. The average molecular weight is 216 g/mol. The van der Waals surface area contributed by atoms with E-state index in [0.29, 0.717) is 0 Å². The first-order valence-electron chi connectivity index (χ1n) is 6.28. The van der Waals surface area contributed by atoms with E-state index in [9.17, 15) is 0 Å². The van der Waals surface area contributed by atoms with Gasteiger partial charge in [-0.25, -0.2) is 0 Å². The summed E-state index contributed by atoms with van der Waals surface area (Å²) in [4.78, 5) is 2.36. The van der Waals surface area contributed by atoms with Crippen molar-refractivity contribution in [1.29, 1.82) is 0 Å². The van der Waals surface area contributed by atoms with E-state index in [1.807, 2.05) is 0 Å². The summed E-state index contributed by atoms with van der Waals surface area (Å²) < 4.78 is 5.43. The number of likely N-dealkylation sites (N-methyl/N-ethyl adjacent to an activating group) is 1. The van der Waals surface area contributed by atoms with Gasteiger partial charge in [0.2, 0.25) is 0 Å². The molecule has 3 nitrogen and oxygen atoms in total. The van der Waals surface area contributed by atoms with Gasteiger partial charge in [-0.2, -0.15) is 0 Å². The minimum Gasteiger partial charge on any atom is -0.381 e. The first kappa shape index (κ1) is 14.9. The third-order valence-electron chi connectivity index (χ3n) is 2.27. The SMILES string of the molecule is CCCNCCN(C)CCCOCCC. The minimum absolute atomic E-state index is 0.903. The van der Waals surface area contributed by atoms with Gasteiger partial charge >= 0.3 is 0 Å². The number of nitrogens with zero attached hydrogens (tertiary/aromatic N) is 1. The van der Waals surface area contributed by atoms with Gasteiger partial charge in [0.05, 0.1) is 0 Å². The van der Waals surface area contributed by atoms with Gasteiger partial charge in [0.15, 0.2) is 0 Å². The van der Waals surface area contributed by atoms with E-state index in [2.05, 4.69) is 31.1 Å². The van der Waals surface area contributed by atoms with Crippen LogP contribution in [-0.2, 0) is 4.74 Å². The lowest BCUT2D eigenvalue weighted by Crippen LogP contribution is -2.30. The predicted molar refractivity (Wildman–Crippen MR) is 66.4 cm³/mol. The molecule has 0 spiro atoms. The minimum atomic E-state index is 0.903. The van der Waals surface area contributed by atoms with E-state index in [1.54, 1.807) is 0 Å². The number of nitrogens with one attached hydrogen (secondary N) is 1. The Labute approximate surface area is 95.2 Å². The van der Waals surface area contributed by atoms with Crippen molar-refractivity contribution in [1.82, 2.24) is 10.2 Å². The Hall–Kier alpha value is -0.120. The van der Waals surface area contributed by atoms with Crippen molar-refractivity contribution in [3.05, 3.63) is 0 Å². The molecule has 0 fully saturated rings. The topological polar surface area (TPSA) is 24.5 Å². The van der Waals surface area contributed by atoms with Crippen molar-refractivity contribution in [3.8, 4) is 0 Å². The van der Waals surface area contributed by atoms with Gasteiger partial charge in [0.25, 0.3) is 0 Å². The highest BCUT2D eigenvalue weighted by molar-refractivity contribution is 4.54. The molecule has 0 unspecified atom stereocenters. The summed E-state index contributed by atoms with van der Waals surface area (Å²) in [6.07, 6.45) is 3.48. The summed E-state index contributed by atoms with van der Waals surface area (Å²) in [5, 5.41) is 3.40. The molecule has 0 saturated carbocycles. The lowest BCUT2D eigenvalue weighted by atomic mass is 10.4. The van der Waals surface area contributed by atoms with Crippen LogP contribution in [0.25, 0.3) is 0 Å². The summed E-state index contributed by atoms with van der Waals surface area (Å²) in [7, 11) is 2.17. The van der Waals surface area contributed by atoms with Crippen molar-refractivity contribution in [2.24, 2.45) is 0 Å². The van der Waals surface area contributed by atoms with Crippen LogP contribution < -0.4 is 5.32 Å². The Morgan fingerprint density at radius 3 is 2.47 bits per heavy atom. The molecule has 0 atom stereocenters. The predicted octanol–water partition coefficient (Wildman–Crippen LogP) is 1.73. The molecule has 0 aliphatic carbocycles. The summed E-state index contributed by atoms with van der Waals surface area (Å²) in [5.74, 6) is 0. The van der Waals surface area contributed by atoms with Gasteiger partial charge in [-0.1, -0.05) is 13.8 Å². The van der Waals surface area contributed by atoms with E-state index in [0.717, 1.165) is 52.2 Å². The van der Waals surface area contributed by atoms with Crippen LogP contribution in [0.15, 0.2) is 0 Å². The van der Waals surface area contributed by atoms with Crippen molar-refractivity contribution >= 4 is 0 Å². The second kappa shape index (κ2) is 12.0. The fraction of sp³-hybridized carbons (Fsp3) is 1.00. The molecule has 0 aromatic rings. The number of hydrogen-bond donors (Lipinski definition) is 1. The van der Waals surface area contributed by atoms with Crippen LogP contribution in [0.1, 0.15) is 33.1 Å². The molecule has 0 rings (SSSR count). The lowest BCUT2D eigenvalue weighted by Gasteiger charge is -2.16. The summed E-state index contributed by atoms with van der Waals surface area (Å²) in [6.45, 7) is 10.6. The van der Waals surface area contributed by atoms with Gasteiger partial charge < -0.3 is 15.0 Å². The van der Waals surface area contributed by atoms with Crippen LogP contribution >= 0.6 is 0 Å². The zero-order chi connectivity index (χ0) is 11.4. The highest BCUT2D eigenvalue weighted by Crippen LogP contribution is 1.89. The molecule has 1 N–H and O–H groups in total. The average Bonchev–Trinajstić information content (AvgIpc) is 2.24. The van der Waals surface area contributed by atoms with Crippen LogP contribution in [0.5, 0.6) is 0 Å². The molecule has 0 amide bonds. The highest BCUT2D eigenvalue weighted by atomic mass is 16.5. The molecule has 0 heterocycles. The molecular formula is C12H28N2O. The maximum Gasteiger partial charge on any atom is 0.0478 e. The van der Waals surface area contributed by atoms with Crippen LogP contribution in [0.4, 0.5) is 0 Å². The summed E-state index contributed by atoms with van der Waals surface area (Å²) in [6, 6.07) is 0. The molecule has 3 heteroatoms. The van der Waals surface area contributed by atoms with Crippen LogP contribution in [-0.4, -0.2) is 51.3 Å². The normalized spacial score (nSPS) is 11.2. The van der Waals surface area contributed by atoms with Gasteiger partial charge in [-0.05, 0) is 32.9 Å². The third kappa shape index (κ3) is 11.8. The Morgan fingerprint density at radius 2 is 1.80 bits per heavy atom. The maximum absolute atomic E-state index is 5.43. The Bertz CT molecular complexity index is 120. The largest absolute Gasteiger partial charge is 0.381 e. The molecule has 0 saturated heterocycles. The Kier molecular flexibility index (Phi) is 11.9. The molecule has 0 aromatic carbocycles. The first-order valence-corrected chi connectivity index (χ1v) is 6.28. The third-order valence-corrected chi connectivity index (χ3v) is 2.27. The van der Waals surface area contributed by atoms with Crippen molar-refractivity contribution in [3.63, 3.8) is 0 Å². The van der Waals surface area contributed by atoms with Crippen molar-refractivity contribution in [2.45, 2.75) is 33.1 Å². The van der Waals surface area contributed by atoms with E-state index in [-0.39, 0.29) is 0 Å². The van der Waals surface area contributed by atoms with Crippen LogP contribution in [0.3, 0.4) is 0 Å². The molecule has 0 radical (unpaired) electrons. The van der Waals surface area contributed by atoms with Gasteiger partial charge in [-0.15, -0.1) is 0 Å². The second-order valence-corrected chi connectivity index (χ2v) is 4.02. The van der Waals surface area contributed by atoms with E-state index >= 15 is 0 Å². The zero-order valence-electron chi connectivity index (χ0n) is 10.7. The molecule has 0 aliphatic rings. The van der Waals surface area contributed by atoms with Crippen molar-refractivity contribution in [2.75, 3.05) is 46.4 Å². The molecule has 0 aliphatic heterocycles. The van der Waals surface area contributed by atoms with Gasteiger partial charge in [-0.3, -0.25) is 0 Å². The van der Waals surface area contributed by atoms with Crippen LogP contribution in [0, 0.1) is 0 Å². The van der Waals surface area contributed by atoms with E-state index in [1.165, 1.54) is 6.42 Å². The standard InChI is InChI=1S/C12H28N2O/c1-4-7-13-8-10-14(3)9-6-12-15-11-5-2/h13H,4-12H2,1-3H3. The zero-order valence-corrected chi connectivity index (χ0v) is 10.7. The molecule has 15 heavy (non-hydrogen) atoms. The Balaban J connectivity index is 3.08. The maximum atomic E-state index is 5.43. The quantitative estimate of drug-likeness (QED) is 0.532. The lowest BCUT2D eigenvalue weighted by molar-refractivity contribution is 0.124. The fourth-order valence-electron chi connectivity index (χ4n) is 1.37. The molecular weight excluding hydrogens is 188 g/mol. The van der Waals surface area contributed by atoms with E-state index < -0.39 is 0 Å². The number of ether oxygens (including phenoxy) is 1. The van der Waals surface area contributed by atoms with Gasteiger partial charge in [0.1, 0.15) is 0 Å². The molecule has 92 valence electrons. The number of hydrogen-bond acceptors (Lipinski definition) is 3.